The molecule has 2 aliphatic carbocycles. The Kier molecular flexibility index (Phi) is 6.34. The van der Waals surface area contributed by atoms with E-state index in [1.165, 1.54) is 25.7 Å². The van der Waals surface area contributed by atoms with E-state index < -0.39 is 5.79 Å². The van der Waals surface area contributed by atoms with Crippen molar-refractivity contribution < 1.29 is 14.5 Å². The topological polar surface area (TPSA) is 64.6 Å². The summed E-state index contributed by atoms with van der Waals surface area (Å²) in [5.74, 6) is -0.535. The van der Waals surface area contributed by atoms with Gasteiger partial charge in [-0.25, -0.2) is 9.78 Å². The van der Waals surface area contributed by atoms with E-state index in [1.54, 1.807) is 0 Å². The Hall–Kier alpha value is -1.44. The highest BCUT2D eigenvalue weighted by Gasteiger charge is 2.45. The number of hydrogen-bond donors (Lipinski definition) is 2. The normalized spacial score (nSPS) is 32.8. The molecule has 2 saturated carbocycles. The van der Waals surface area contributed by atoms with E-state index in [0.717, 1.165) is 47.3 Å². The molecule has 0 amide bonds. The Labute approximate surface area is 195 Å². The first kappa shape index (κ1) is 22.4. The Morgan fingerprint density at radius 3 is 2.38 bits per heavy atom. The Bertz CT molecular complexity index is 925. The first-order valence-corrected chi connectivity index (χ1v) is 12.4. The van der Waals surface area contributed by atoms with Crippen molar-refractivity contribution in [2.45, 2.75) is 94.7 Å². The van der Waals surface area contributed by atoms with Crippen molar-refractivity contribution >= 4 is 28.2 Å². The Morgan fingerprint density at radius 2 is 1.66 bits per heavy atom. The van der Waals surface area contributed by atoms with E-state index in [2.05, 4.69) is 27.8 Å². The molecule has 0 radical (unpaired) electrons. The molecule has 6 nitrogen and oxygen atoms in total. The molecule has 3 fully saturated rings. The van der Waals surface area contributed by atoms with Crippen LogP contribution in [0.25, 0.3) is 10.9 Å². The van der Waals surface area contributed by atoms with Crippen molar-refractivity contribution in [3.8, 4) is 0 Å². The maximum absolute atomic E-state index is 6.13. The van der Waals surface area contributed by atoms with Crippen LogP contribution in [0, 0.1) is 0 Å². The number of fused-ring (bicyclic) bond motifs is 1. The van der Waals surface area contributed by atoms with E-state index in [0.29, 0.717) is 24.7 Å². The molecule has 32 heavy (non-hydrogen) atoms. The number of anilines is 1. The highest BCUT2D eigenvalue weighted by molar-refractivity contribution is 6.31. The second-order valence-electron chi connectivity index (χ2n) is 10.3. The van der Waals surface area contributed by atoms with Crippen molar-refractivity contribution in [1.29, 1.82) is 0 Å². The average Bonchev–Trinajstić information content (AvgIpc) is 2.79. The molecule has 0 bridgehead atoms. The van der Waals surface area contributed by atoms with Gasteiger partial charge in [-0.05, 0) is 76.6 Å². The van der Waals surface area contributed by atoms with Gasteiger partial charge in [-0.1, -0.05) is 11.6 Å². The zero-order chi connectivity index (χ0) is 22.2. The molecule has 3 aliphatic rings. The minimum atomic E-state index is -0.535. The SMILES string of the molecule is CC1(C)COC2(CCC(NC3CCC(Nc4ccnc5cc(Cl)ccc45)CC3)CC2)OO1. The van der Waals surface area contributed by atoms with Gasteiger partial charge in [0, 0.05) is 53.3 Å². The van der Waals surface area contributed by atoms with Crippen molar-refractivity contribution in [2.75, 3.05) is 11.9 Å². The van der Waals surface area contributed by atoms with Crippen LogP contribution in [-0.4, -0.2) is 41.1 Å². The summed E-state index contributed by atoms with van der Waals surface area (Å²) in [6, 6.07) is 9.60. The fourth-order valence-corrected chi connectivity index (χ4v) is 5.37. The van der Waals surface area contributed by atoms with Crippen LogP contribution >= 0.6 is 11.6 Å². The fraction of sp³-hybridized carbons (Fsp3) is 0.640. The van der Waals surface area contributed by atoms with Gasteiger partial charge in [0.25, 0.3) is 0 Å². The van der Waals surface area contributed by atoms with Crippen molar-refractivity contribution in [1.82, 2.24) is 10.3 Å². The number of nitrogens with one attached hydrogen (secondary N) is 2. The summed E-state index contributed by atoms with van der Waals surface area (Å²) in [6.07, 6.45) is 10.5. The number of nitrogens with zero attached hydrogens (tertiary/aromatic N) is 1. The van der Waals surface area contributed by atoms with Crippen LogP contribution in [0.1, 0.15) is 65.2 Å². The molecule has 2 heterocycles. The molecule has 2 aromatic rings. The molecule has 2 N–H and O–H groups in total. The van der Waals surface area contributed by atoms with Gasteiger partial charge in [-0.3, -0.25) is 4.98 Å². The summed E-state index contributed by atoms with van der Waals surface area (Å²) in [7, 11) is 0. The van der Waals surface area contributed by atoms with E-state index in [4.69, 9.17) is 26.1 Å². The minimum Gasteiger partial charge on any atom is -0.382 e. The smallest absolute Gasteiger partial charge is 0.201 e. The van der Waals surface area contributed by atoms with Gasteiger partial charge in [0.15, 0.2) is 0 Å². The van der Waals surface area contributed by atoms with E-state index >= 15 is 0 Å². The summed E-state index contributed by atoms with van der Waals surface area (Å²) >= 11 is 6.13. The molecule has 7 heteroatoms. The molecule has 1 aromatic heterocycles. The maximum atomic E-state index is 6.13. The largest absolute Gasteiger partial charge is 0.382 e. The van der Waals surface area contributed by atoms with Crippen LogP contribution in [-0.2, 0) is 14.5 Å². The van der Waals surface area contributed by atoms with Crippen LogP contribution in [0.4, 0.5) is 5.69 Å². The molecule has 1 aliphatic heterocycles. The molecule has 174 valence electrons. The van der Waals surface area contributed by atoms with Crippen LogP contribution in [0.2, 0.25) is 5.02 Å². The highest BCUT2D eigenvalue weighted by atomic mass is 35.5. The predicted octanol–water partition coefficient (Wildman–Crippen LogP) is 5.60. The molecular weight excluding hydrogens is 426 g/mol. The van der Waals surface area contributed by atoms with Gasteiger partial charge in [-0.2, -0.15) is 0 Å². The molecule has 5 rings (SSSR count). The fourth-order valence-electron chi connectivity index (χ4n) is 5.20. The standard InChI is InChI=1S/C25H34ClN3O3/c1-24(2)16-30-25(32-31-24)12-9-20(10-13-25)28-18-4-6-19(7-5-18)29-22-11-14-27-23-15-17(26)3-8-21(22)23/h3,8,11,14-15,18-20,28H,4-7,9-10,12-13,16H2,1-2H3,(H,27,29). The molecule has 1 aromatic carbocycles. The lowest BCUT2D eigenvalue weighted by Crippen LogP contribution is -2.53. The van der Waals surface area contributed by atoms with Crippen LogP contribution in [0.3, 0.4) is 0 Å². The van der Waals surface area contributed by atoms with Gasteiger partial charge < -0.3 is 15.4 Å². The van der Waals surface area contributed by atoms with Crippen molar-refractivity contribution in [3.63, 3.8) is 0 Å². The monoisotopic (exact) mass is 459 g/mol. The third-order valence-corrected chi connectivity index (χ3v) is 7.35. The van der Waals surface area contributed by atoms with Crippen molar-refractivity contribution in [3.05, 3.63) is 35.5 Å². The predicted molar refractivity (Wildman–Crippen MR) is 127 cm³/mol. The lowest BCUT2D eigenvalue weighted by Gasteiger charge is -2.45. The number of hydrogen-bond acceptors (Lipinski definition) is 6. The molecule has 1 saturated heterocycles. The van der Waals surface area contributed by atoms with Crippen LogP contribution in [0.5, 0.6) is 0 Å². The third kappa shape index (κ3) is 5.05. The van der Waals surface area contributed by atoms with Gasteiger partial charge in [0.1, 0.15) is 5.60 Å². The van der Waals surface area contributed by atoms with Gasteiger partial charge >= 0.3 is 0 Å². The lowest BCUT2D eigenvalue weighted by atomic mass is 9.86. The third-order valence-electron chi connectivity index (χ3n) is 7.11. The number of ether oxygens (including phenoxy) is 1. The van der Waals surface area contributed by atoms with E-state index in [1.807, 2.05) is 32.2 Å². The zero-order valence-corrected chi connectivity index (χ0v) is 19.8. The zero-order valence-electron chi connectivity index (χ0n) is 19.0. The lowest BCUT2D eigenvalue weighted by molar-refractivity contribution is -0.511. The van der Waals surface area contributed by atoms with Crippen LogP contribution < -0.4 is 10.6 Å². The maximum Gasteiger partial charge on any atom is 0.201 e. The molecule has 0 unspecified atom stereocenters. The second kappa shape index (κ2) is 9.07. The first-order valence-electron chi connectivity index (χ1n) is 12.0. The first-order chi connectivity index (χ1) is 15.4. The summed E-state index contributed by atoms with van der Waals surface area (Å²) in [5.41, 5.74) is 1.73. The summed E-state index contributed by atoms with van der Waals surface area (Å²) in [5, 5.41) is 9.52. The number of pyridine rings is 1. The van der Waals surface area contributed by atoms with Crippen molar-refractivity contribution in [2.24, 2.45) is 0 Å². The molecular formula is C25H34ClN3O3. The van der Waals surface area contributed by atoms with Gasteiger partial charge in [0.05, 0.1) is 12.1 Å². The van der Waals surface area contributed by atoms with Gasteiger partial charge in [-0.15, -0.1) is 0 Å². The van der Waals surface area contributed by atoms with Gasteiger partial charge in [0.2, 0.25) is 5.79 Å². The number of halogens is 1. The summed E-state index contributed by atoms with van der Waals surface area (Å²) < 4.78 is 6.07. The number of aromatic nitrogens is 1. The van der Waals surface area contributed by atoms with E-state index in [9.17, 15) is 0 Å². The number of rotatable bonds is 4. The molecule has 0 atom stereocenters. The Morgan fingerprint density at radius 1 is 0.938 bits per heavy atom. The molecule has 1 spiro atoms. The quantitative estimate of drug-likeness (QED) is 0.580. The minimum absolute atomic E-state index is 0.359. The number of benzene rings is 1. The summed E-state index contributed by atoms with van der Waals surface area (Å²) in [4.78, 5) is 15.7. The average molecular weight is 460 g/mol. The highest BCUT2D eigenvalue weighted by Crippen LogP contribution is 2.38. The Balaban J connectivity index is 1.09. The van der Waals surface area contributed by atoms with E-state index in [-0.39, 0.29) is 5.60 Å². The van der Waals surface area contributed by atoms with Crippen LogP contribution in [0.15, 0.2) is 30.5 Å². The summed E-state index contributed by atoms with van der Waals surface area (Å²) in [6.45, 7) is 4.57. The second-order valence-corrected chi connectivity index (χ2v) is 10.7.